The minimum atomic E-state index is -2.93. The zero-order valence-corrected chi connectivity index (χ0v) is 72.7. The molecule has 8 aromatic heterocycles. The van der Waals surface area contributed by atoms with Crippen LogP contribution < -0.4 is 18.3 Å². The van der Waals surface area contributed by atoms with E-state index in [-0.39, 0.29) is 12.0 Å². The first-order valence-electron chi connectivity index (χ1n) is 52.0. The lowest BCUT2D eigenvalue weighted by molar-refractivity contribution is -0.660. The predicted octanol–water partition coefficient (Wildman–Crippen LogP) is 30.2. The van der Waals surface area contributed by atoms with Gasteiger partial charge >= 0.3 is 0 Å². The number of fused-ring (bicyclic) bond motifs is 12. The second-order valence-corrected chi connectivity index (χ2v) is 32.9. The summed E-state index contributed by atoms with van der Waals surface area (Å²) in [6, 6.07) is 86.3. The van der Waals surface area contributed by atoms with Gasteiger partial charge in [-0.2, -0.15) is 0 Å². The molecule has 0 aliphatic rings. The Bertz CT molecular complexity index is 8460. The molecular formula is C116H110F2N4O4+4. The van der Waals surface area contributed by atoms with Gasteiger partial charge in [-0.1, -0.05) is 245 Å². The first kappa shape index (κ1) is 63.3. The Kier molecular flexibility index (Phi) is 17.6. The van der Waals surface area contributed by atoms with Gasteiger partial charge in [0.1, 0.15) is 84.5 Å². The molecule has 5 atom stereocenters. The molecule has 8 nitrogen and oxygen atoms in total. The zero-order valence-electron chi connectivity index (χ0n) is 92.7. The first-order valence-corrected chi connectivity index (χ1v) is 42.0. The van der Waals surface area contributed by atoms with Gasteiger partial charge in [-0.05, 0) is 207 Å². The van der Waals surface area contributed by atoms with Crippen LogP contribution >= 0.6 is 0 Å². The van der Waals surface area contributed by atoms with E-state index in [0.29, 0.717) is 27.8 Å². The number of benzene rings is 12. The second kappa shape index (κ2) is 35.1. The molecule has 0 spiro atoms. The monoisotopic (exact) mass is 1680 g/mol. The molecule has 0 saturated heterocycles. The lowest BCUT2D eigenvalue weighted by Crippen LogP contribution is -2.30. The minimum Gasteiger partial charge on any atom is -0.455 e. The fraction of sp³-hybridized carbons (Fsp3) is 0.207. The van der Waals surface area contributed by atoms with Crippen LogP contribution in [0.25, 0.3) is 177 Å². The molecular weight excluding hydrogens is 1550 g/mol. The van der Waals surface area contributed by atoms with E-state index in [9.17, 15) is 4.39 Å². The highest BCUT2D eigenvalue weighted by atomic mass is 19.1. The summed E-state index contributed by atoms with van der Waals surface area (Å²) in [5, 5.41) is 8.35. The van der Waals surface area contributed by atoms with Crippen molar-refractivity contribution in [2.75, 3.05) is 0 Å². The van der Waals surface area contributed by atoms with Crippen LogP contribution in [0.4, 0.5) is 8.78 Å². The number of nitrogens with zero attached hydrogens (tertiary/aromatic N) is 4. The molecule has 10 heteroatoms. The third-order valence-corrected chi connectivity index (χ3v) is 23.9. The van der Waals surface area contributed by atoms with Crippen molar-refractivity contribution in [3.05, 3.63) is 359 Å². The number of pyridine rings is 4. The van der Waals surface area contributed by atoms with Gasteiger partial charge in [-0.3, -0.25) is 0 Å². The normalized spacial score (nSPS) is 16.9. The molecule has 8 heterocycles. The highest BCUT2D eigenvalue weighted by Gasteiger charge is 2.29. The van der Waals surface area contributed by atoms with Crippen molar-refractivity contribution in [2.24, 2.45) is 34.1 Å². The molecule has 0 amide bonds. The third kappa shape index (κ3) is 16.4. The fourth-order valence-electron chi connectivity index (χ4n) is 17.2. The van der Waals surface area contributed by atoms with E-state index in [1.165, 1.54) is 45.0 Å². The summed E-state index contributed by atoms with van der Waals surface area (Å²) >= 11 is 0. The topological polar surface area (TPSA) is 68.1 Å². The number of hydrogen-bond acceptors (Lipinski definition) is 4. The first-order chi connectivity index (χ1) is 68.5. The Morgan fingerprint density at radius 2 is 0.611 bits per heavy atom. The SMILES string of the molecule is [2H]C([2H])([2H])C([2H])(C)Cc1ccc(-c2cc[n+](C)c(-c3c(C)ccc4c3oc3ccccc34)c2)cc1.[2H]C([2H])([2H])C([2H])(C)c1cc(-c2cc[n+](C)c(-c3c(C)ccc4c3oc3ccccc34)c2)cc(C([2H])(C)C([2H])([2H])[2H])c1F.[2H]C([2H])([2H])C([2H])(C)c1cc(-c2cc[n+](C)c(-c3c(C)ccc4c3oc3ccccc34)c2)ccc1F.[2H]C([2H])([2H])C([2H])(C)c1cccc(-c2cc[n+](C)c(-c3c(C)ccc4c3oc3ccccc34)c2)c1. The van der Waals surface area contributed by atoms with Gasteiger partial charge in [-0.15, -0.1) is 0 Å². The van der Waals surface area contributed by atoms with Gasteiger partial charge in [0.2, 0.25) is 22.8 Å². The number of hydrogen-bond donors (Lipinski definition) is 0. The van der Waals surface area contributed by atoms with Crippen molar-refractivity contribution >= 4 is 87.8 Å². The van der Waals surface area contributed by atoms with Gasteiger partial charge in [0.25, 0.3) is 0 Å². The number of rotatable bonds is 14. The van der Waals surface area contributed by atoms with Crippen LogP contribution in [0.2, 0.25) is 0 Å². The highest BCUT2D eigenvalue weighted by Crippen LogP contribution is 2.45. The quantitative estimate of drug-likeness (QED) is 0.102. The molecule has 0 radical (unpaired) electrons. The van der Waals surface area contributed by atoms with Crippen molar-refractivity contribution in [2.45, 2.75) is 127 Å². The average Bonchev–Trinajstić information content (AvgIpc) is 1.31. The fourth-order valence-corrected chi connectivity index (χ4v) is 17.2. The Hall–Kier alpha value is -13.7. The smallest absolute Gasteiger partial charge is 0.216 e. The van der Waals surface area contributed by atoms with E-state index in [2.05, 4.69) is 95.9 Å². The molecule has 20 aromatic rings. The zero-order chi connectivity index (χ0) is 105. The summed E-state index contributed by atoms with van der Waals surface area (Å²) in [7, 11) is 7.86. The minimum absolute atomic E-state index is 0.152. The Balaban J connectivity index is 0.000000134. The molecule has 0 fully saturated rings. The van der Waals surface area contributed by atoms with Crippen LogP contribution in [0.5, 0.6) is 0 Å². The number of aryl methyl sites for hydroxylation is 8. The van der Waals surface area contributed by atoms with Gasteiger partial charge in [-0.25, -0.2) is 27.0 Å². The van der Waals surface area contributed by atoms with Gasteiger partial charge in [0, 0.05) is 119 Å². The molecule has 20 rings (SSSR count). The van der Waals surface area contributed by atoms with Crippen molar-refractivity contribution in [3.63, 3.8) is 0 Å². The Morgan fingerprint density at radius 3 is 0.976 bits per heavy atom. The van der Waals surface area contributed by atoms with Crippen LogP contribution in [0.3, 0.4) is 0 Å². The van der Waals surface area contributed by atoms with Crippen LogP contribution in [-0.2, 0) is 34.6 Å². The van der Waals surface area contributed by atoms with E-state index < -0.39 is 86.5 Å². The van der Waals surface area contributed by atoms with Gasteiger partial charge < -0.3 is 17.7 Å². The van der Waals surface area contributed by atoms with Crippen LogP contribution in [0.15, 0.2) is 315 Å². The number of para-hydroxylation sites is 4. The maximum atomic E-state index is 16.0. The number of aromatic nitrogens is 4. The molecule has 5 unspecified atom stereocenters. The summed E-state index contributed by atoms with van der Waals surface area (Å²) in [5.74, 6) is -12.0. The van der Waals surface area contributed by atoms with E-state index in [4.69, 9.17) is 45.1 Å². The summed E-state index contributed by atoms with van der Waals surface area (Å²) in [6.45, 7) is 1.20. The highest BCUT2D eigenvalue weighted by molar-refractivity contribution is 6.13. The average molecular weight is 1680 g/mol. The lowest BCUT2D eigenvalue weighted by atomic mass is 9.89. The lowest BCUT2D eigenvalue weighted by Gasteiger charge is -2.17. The van der Waals surface area contributed by atoms with Crippen molar-refractivity contribution < 1.29 is 72.1 Å². The summed E-state index contributed by atoms with van der Waals surface area (Å²) in [5.41, 5.74) is 24.6. The third-order valence-electron chi connectivity index (χ3n) is 23.9. The summed E-state index contributed by atoms with van der Waals surface area (Å²) < 4.78 is 223. The van der Waals surface area contributed by atoms with Crippen molar-refractivity contribution in [1.29, 1.82) is 0 Å². The standard InChI is InChI=1S/C31H31FNO.C29H28NO.C28H25FNO.C28H26NO/c1-18(2)25-15-22(16-26(19(3)4)30(25)32)21-13-14-33(6)27(17-21)29-20(5)11-12-24-23-9-7-8-10-28(23)34-31(24)29;1-19(2)17-21-10-12-22(13-11-21)23-15-16-30(4)26(18-23)28-20(3)9-14-25-24-7-5-6-8-27(24)31-29(25)28;1-17(2)23-15-19(10-12-24(23)29)20-13-14-30(4)25(16-20)27-18(3)9-11-22-21-7-5-6-8-26(21)31-28(22)27;1-18(2)20-8-7-9-21(16-20)22-14-15-29(4)25(17-22)27-19(3)12-13-24-23-10-5-6-11-26(23)30-28(24)27/h7-19H,1-6H3;5-16,18-19H,17H2,1-4H3;5-17H,1-4H3;5-18H,1-4H3/q4*+1/i1D3,3D3,18D,19D;1D3,19D;1D3,17D;1D3,18D. The number of furan rings is 4. The van der Waals surface area contributed by atoms with Crippen molar-refractivity contribution in [3.8, 4) is 89.5 Å². The van der Waals surface area contributed by atoms with Gasteiger partial charge in [0.05, 0.1) is 22.3 Å². The molecule has 12 aromatic carbocycles. The van der Waals surface area contributed by atoms with Crippen LogP contribution in [-0.4, -0.2) is 0 Å². The molecule has 126 heavy (non-hydrogen) atoms. The Labute approximate surface area is 766 Å². The molecule has 628 valence electrons. The molecule has 0 bridgehead atoms. The maximum Gasteiger partial charge on any atom is 0.216 e. The summed E-state index contributed by atoms with van der Waals surface area (Å²) in [6.07, 6.45) is 7.93. The van der Waals surface area contributed by atoms with Crippen LogP contribution in [0, 0.1) is 45.2 Å². The van der Waals surface area contributed by atoms with E-state index in [1.54, 1.807) is 24.4 Å². The Morgan fingerprint density at radius 1 is 0.294 bits per heavy atom. The maximum absolute atomic E-state index is 16.0. The molecule has 0 aliphatic heterocycles. The van der Waals surface area contributed by atoms with E-state index >= 15 is 4.39 Å². The number of halogens is 2. The molecule has 0 aliphatic carbocycles. The van der Waals surface area contributed by atoms with Gasteiger partial charge in [0.15, 0.2) is 24.8 Å². The van der Waals surface area contributed by atoms with E-state index in [1.807, 2.05) is 227 Å². The second-order valence-electron chi connectivity index (χ2n) is 32.9. The largest absolute Gasteiger partial charge is 0.455 e. The van der Waals surface area contributed by atoms with Crippen molar-refractivity contribution in [1.82, 2.24) is 0 Å². The summed E-state index contributed by atoms with van der Waals surface area (Å²) in [4.78, 5) is 0. The molecule has 0 saturated carbocycles. The van der Waals surface area contributed by atoms with Crippen LogP contribution in [0.1, 0.15) is 170 Å². The molecule has 0 N–H and O–H groups in total. The van der Waals surface area contributed by atoms with E-state index in [0.717, 1.165) is 197 Å². The predicted molar refractivity (Wildman–Crippen MR) is 517 cm³/mol.